The summed E-state index contributed by atoms with van der Waals surface area (Å²) in [7, 11) is 3.02. The lowest BCUT2D eigenvalue weighted by Crippen LogP contribution is -2.33. The molecule has 1 N–H and O–H groups in total. The molecule has 0 saturated carbocycles. The van der Waals surface area contributed by atoms with E-state index < -0.39 is 29.9 Å². The van der Waals surface area contributed by atoms with Crippen LogP contribution < -0.4 is 19.5 Å². The number of carbonyl (C=O) groups excluding carboxylic acids is 2. The van der Waals surface area contributed by atoms with Gasteiger partial charge in [-0.05, 0) is 61.2 Å². The number of halogens is 3. The van der Waals surface area contributed by atoms with E-state index in [0.717, 1.165) is 12.1 Å². The van der Waals surface area contributed by atoms with Gasteiger partial charge in [-0.3, -0.25) is 9.59 Å². The second-order valence-corrected chi connectivity index (χ2v) is 7.78. The first-order valence-corrected chi connectivity index (χ1v) is 10.9. The zero-order chi connectivity index (χ0) is 25.6. The summed E-state index contributed by atoms with van der Waals surface area (Å²) >= 11 is 0. The van der Waals surface area contributed by atoms with Crippen molar-refractivity contribution in [2.45, 2.75) is 31.7 Å². The largest absolute Gasteiger partial charge is 0.573 e. The van der Waals surface area contributed by atoms with Crippen LogP contribution >= 0.6 is 0 Å². The van der Waals surface area contributed by atoms with Crippen LogP contribution in [-0.4, -0.2) is 45.1 Å². The van der Waals surface area contributed by atoms with Gasteiger partial charge in [0.15, 0.2) is 11.5 Å². The van der Waals surface area contributed by atoms with Crippen LogP contribution in [0, 0.1) is 5.92 Å². The minimum atomic E-state index is -4.81. The number of amides is 1. The van der Waals surface area contributed by atoms with Crippen LogP contribution in [0.5, 0.6) is 17.2 Å². The zero-order valence-electron chi connectivity index (χ0n) is 19.4. The Morgan fingerprint density at radius 1 is 1.03 bits per heavy atom. The van der Waals surface area contributed by atoms with E-state index in [1.54, 1.807) is 31.2 Å². The average molecular weight is 493 g/mol. The van der Waals surface area contributed by atoms with Gasteiger partial charge in [-0.25, -0.2) is 0 Å². The van der Waals surface area contributed by atoms with Gasteiger partial charge in [0.25, 0.3) is 5.91 Å². The number of benzene rings is 2. The van der Waals surface area contributed by atoms with Gasteiger partial charge in [0, 0.05) is 11.6 Å². The predicted molar refractivity (Wildman–Crippen MR) is 121 cm³/mol. The van der Waals surface area contributed by atoms with Gasteiger partial charge in [-0.1, -0.05) is 18.2 Å². The van der Waals surface area contributed by atoms with Gasteiger partial charge in [0.1, 0.15) is 5.75 Å². The van der Waals surface area contributed by atoms with E-state index in [0.29, 0.717) is 23.5 Å². The highest BCUT2D eigenvalue weighted by molar-refractivity contribution is 5.94. The first-order chi connectivity index (χ1) is 16.6. The van der Waals surface area contributed by atoms with Crippen molar-refractivity contribution in [3.8, 4) is 17.2 Å². The summed E-state index contributed by atoms with van der Waals surface area (Å²) in [4.78, 5) is 25.5. The first kappa shape index (κ1) is 25.9. The molecule has 0 aromatic heterocycles. The standard InChI is InChI=1S/C25H26F3NO6/c1-4-34-24(31)22(17-8-12-20(32-2)21(14-17)33-3)16-5-9-18(13-16)29-23(30)15-6-10-19(11-7-15)35-25(26,27)28/h5-12,14,16,18,22H,4,13H2,1-3H3,(H,29,30). The summed E-state index contributed by atoms with van der Waals surface area (Å²) in [6.45, 7) is 1.94. The van der Waals surface area contributed by atoms with Crippen LogP contribution in [0.25, 0.3) is 0 Å². The summed E-state index contributed by atoms with van der Waals surface area (Å²) < 4.78 is 56.7. The fourth-order valence-corrected chi connectivity index (χ4v) is 3.98. The van der Waals surface area contributed by atoms with E-state index in [4.69, 9.17) is 14.2 Å². The second kappa shape index (κ2) is 11.2. The third-order valence-electron chi connectivity index (χ3n) is 5.52. The number of hydrogen-bond donors (Lipinski definition) is 1. The number of methoxy groups -OCH3 is 2. The molecule has 0 saturated heterocycles. The number of hydrogen-bond acceptors (Lipinski definition) is 6. The second-order valence-electron chi connectivity index (χ2n) is 7.78. The number of alkyl halides is 3. The lowest BCUT2D eigenvalue weighted by atomic mass is 9.85. The normalized spacial score (nSPS) is 18.0. The first-order valence-electron chi connectivity index (χ1n) is 10.9. The molecule has 0 radical (unpaired) electrons. The number of carbonyl (C=O) groups is 2. The van der Waals surface area contributed by atoms with E-state index in [9.17, 15) is 22.8 Å². The van der Waals surface area contributed by atoms with Crippen molar-refractivity contribution in [3.05, 3.63) is 65.7 Å². The molecule has 188 valence electrons. The summed E-state index contributed by atoms with van der Waals surface area (Å²) in [6, 6.07) is 9.47. The van der Waals surface area contributed by atoms with Crippen LogP contribution in [0.4, 0.5) is 13.2 Å². The number of esters is 1. The maximum absolute atomic E-state index is 12.9. The fourth-order valence-electron chi connectivity index (χ4n) is 3.98. The van der Waals surface area contributed by atoms with E-state index in [1.807, 2.05) is 6.08 Å². The van der Waals surface area contributed by atoms with Gasteiger partial charge >= 0.3 is 12.3 Å². The third-order valence-corrected chi connectivity index (χ3v) is 5.52. The molecule has 0 aliphatic heterocycles. The Kier molecular flexibility index (Phi) is 8.26. The molecule has 35 heavy (non-hydrogen) atoms. The Hall–Kier alpha value is -3.69. The number of nitrogens with one attached hydrogen (secondary N) is 1. The monoisotopic (exact) mass is 493 g/mol. The lowest BCUT2D eigenvalue weighted by Gasteiger charge is -2.23. The maximum Gasteiger partial charge on any atom is 0.573 e. The molecule has 1 aliphatic rings. The average Bonchev–Trinajstić information content (AvgIpc) is 3.26. The van der Waals surface area contributed by atoms with Gasteiger partial charge in [0.05, 0.1) is 26.7 Å². The molecule has 0 bridgehead atoms. The summed E-state index contributed by atoms with van der Waals surface area (Å²) in [5, 5.41) is 2.83. The summed E-state index contributed by atoms with van der Waals surface area (Å²) in [5.41, 5.74) is 0.862. The Bertz CT molecular complexity index is 1070. The highest BCUT2D eigenvalue weighted by atomic mass is 19.4. The molecule has 10 heteroatoms. The molecule has 7 nitrogen and oxygen atoms in total. The zero-order valence-corrected chi connectivity index (χ0v) is 19.4. The minimum Gasteiger partial charge on any atom is -0.493 e. The molecule has 1 aliphatic carbocycles. The lowest BCUT2D eigenvalue weighted by molar-refractivity contribution is -0.274. The SMILES string of the molecule is CCOC(=O)C(c1ccc(OC)c(OC)c1)C1C=CC(NC(=O)c2ccc(OC(F)(F)F)cc2)C1. The van der Waals surface area contributed by atoms with E-state index in [1.165, 1.54) is 26.4 Å². The third kappa shape index (κ3) is 6.68. The Morgan fingerprint density at radius 2 is 1.71 bits per heavy atom. The fraction of sp³-hybridized carbons (Fsp3) is 0.360. The predicted octanol–water partition coefficient (Wildman–Crippen LogP) is 4.62. The van der Waals surface area contributed by atoms with E-state index in [2.05, 4.69) is 10.1 Å². The van der Waals surface area contributed by atoms with Gasteiger partial charge in [-0.2, -0.15) is 0 Å². The van der Waals surface area contributed by atoms with Crippen molar-refractivity contribution in [2.24, 2.45) is 5.92 Å². The molecule has 3 unspecified atom stereocenters. The smallest absolute Gasteiger partial charge is 0.493 e. The number of ether oxygens (including phenoxy) is 4. The molecule has 3 rings (SSSR count). The highest BCUT2D eigenvalue weighted by Gasteiger charge is 2.35. The van der Waals surface area contributed by atoms with E-state index in [-0.39, 0.29) is 24.1 Å². The van der Waals surface area contributed by atoms with E-state index >= 15 is 0 Å². The topological polar surface area (TPSA) is 83.1 Å². The van der Waals surface area contributed by atoms with Crippen LogP contribution in [0.2, 0.25) is 0 Å². The quantitative estimate of drug-likeness (QED) is 0.405. The van der Waals surface area contributed by atoms with Crippen molar-refractivity contribution in [3.63, 3.8) is 0 Å². The Balaban J connectivity index is 1.71. The van der Waals surface area contributed by atoms with Crippen molar-refractivity contribution >= 4 is 11.9 Å². The number of rotatable bonds is 9. The molecule has 0 heterocycles. The number of allylic oxidation sites excluding steroid dienone is 1. The molecular weight excluding hydrogens is 467 g/mol. The van der Waals surface area contributed by atoms with Crippen molar-refractivity contribution in [1.29, 1.82) is 0 Å². The molecule has 1 amide bonds. The molecule has 0 fully saturated rings. The summed E-state index contributed by atoms with van der Waals surface area (Å²) in [6.07, 6.45) is -0.740. The van der Waals surface area contributed by atoms with Crippen LogP contribution in [0.3, 0.4) is 0 Å². The van der Waals surface area contributed by atoms with Crippen molar-refractivity contribution in [2.75, 3.05) is 20.8 Å². The highest BCUT2D eigenvalue weighted by Crippen LogP contribution is 2.38. The Labute approximate surface area is 200 Å². The molecule has 0 spiro atoms. The summed E-state index contributed by atoms with van der Waals surface area (Å²) in [5.74, 6) is -1.17. The van der Waals surface area contributed by atoms with Crippen molar-refractivity contribution < 1.29 is 41.7 Å². The van der Waals surface area contributed by atoms with Gasteiger partial charge < -0.3 is 24.3 Å². The van der Waals surface area contributed by atoms with Crippen LogP contribution in [-0.2, 0) is 9.53 Å². The van der Waals surface area contributed by atoms with Crippen LogP contribution in [0.15, 0.2) is 54.6 Å². The van der Waals surface area contributed by atoms with Crippen LogP contribution in [0.1, 0.15) is 35.2 Å². The molecule has 3 atom stereocenters. The maximum atomic E-state index is 12.9. The van der Waals surface area contributed by atoms with Gasteiger partial charge in [-0.15, -0.1) is 13.2 Å². The van der Waals surface area contributed by atoms with Gasteiger partial charge in [0.2, 0.25) is 0 Å². The molecule has 2 aromatic rings. The molecule has 2 aromatic carbocycles. The van der Waals surface area contributed by atoms with Crippen molar-refractivity contribution in [1.82, 2.24) is 5.32 Å². The Morgan fingerprint density at radius 3 is 2.31 bits per heavy atom. The molecular formula is C25H26F3NO6. The minimum absolute atomic E-state index is 0.179.